The molecule has 104 valence electrons. The van der Waals surface area contributed by atoms with Crippen molar-refractivity contribution in [3.63, 3.8) is 0 Å². The molecule has 0 unspecified atom stereocenters. The topological polar surface area (TPSA) is 75.6 Å². The van der Waals surface area contributed by atoms with Gasteiger partial charge >= 0.3 is 5.97 Å². The van der Waals surface area contributed by atoms with E-state index in [1.165, 1.54) is 0 Å². The first-order chi connectivity index (χ1) is 8.99. The number of hydrogen-bond acceptors (Lipinski definition) is 3. The van der Waals surface area contributed by atoms with Crippen molar-refractivity contribution < 1.29 is 19.4 Å². The van der Waals surface area contributed by atoms with Gasteiger partial charge in [-0.3, -0.25) is 9.59 Å². The van der Waals surface area contributed by atoms with Gasteiger partial charge in [-0.05, 0) is 31.0 Å². The van der Waals surface area contributed by atoms with E-state index < -0.39 is 5.97 Å². The van der Waals surface area contributed by atoms with Crippen LogP contribution >= 0.6 is 0 Å². The van der Waals surface area contributed by atoms with Crippen molar-refractivity contribution in [2.24, 2.45) is 0 Å². The van der Waals surface area contributed by atoms with Crippen LogP contribution < -0.4 is 10.1 Å². The SMILES string of the molecule is Cc1ccc(C)c(OCCNC(=O)CCC(=O)O)c1. The number of aliphatic carboxylic acids is 1. The molecule has 0 heterocycles. The molecular formula is C14H19NO4. The fourth-order valence-electron chi connectivity index (χ4n) is 1.52. The number of rotatable bonds is 7. The second-order valence-corrected chi connectivity index (χ2v) is 4.36. The van der Waals surface area contributed by atoms with Crippen LogP contribution in [0.4, 0.5) is 0 Å². The van der Waals surface area contributed by atoms with Crippen LogP contribution in [0.25, 0.3) is 0 Å². The molecule has 1 rings (SSSR count). The number of ether oxygens (including phenoxy) is 1. The second-order valence-electron chi connectivity index (χ2n) is 4.36. The summed E-state index contributed by atoms with van der Waals surface area (Å²) in [6.45, 7) is 4.68. The van der Waals surface area contributed by atoms with Gasteiger partial charge in [0.2, 0.25) is 5.91 Å². The van der Waals surface area contributed by atoms with E-state index in [0.29, 0.717) is 13.2 Å². The minimum atomic E-state index is -0.971. The van der Waals surface area contributed by atoms with E-state index in [1.54, 1.807) is 0 Å². The first-order valence-electron chi connectivity index (χ1n) is 6.17. The maximum atomic E-state index is 11.2. The lowest BCUT2D eigenvalue weighted by molar-refractivity contribution is -0.138. The summed E-state index contributed by atoms with van der Waals surface area (Å²) in [5.41, 5.74) is 2.16. The maximum absolute atomic E-state index is 11.2. The Bertz CT molecular complexity index is 457. The van der Waals surface area contributed by atoms with E-state index in [9.17, 15) is 9.59 Å². The largest absolute Gasteiger partial charge is 0.491 e. The van der Waals surface area contributed by atoms with Gasteiger partial charge in [-0.15, -0.1) is 0 Å². The van der Waals surface area contributed by atoms with E-state index in [1.807, 2.05) is 32.0 Å². The molecule has 1 amide bonds. The molecule has 0 atom stereocenters. The van der Waals surface area contributed by atoms with Crippen LogP contribution in [0.3, 0.4) is 0 Å². The average Bonchev–Trinajstić information content (AvgIpc) is 2.36. The number of carboxylic acid groups (broad SMARTS) is 1. The molecule has 0 fully saturated rings. The molecule has 0 saturated heterocycles. The number of aryl methyl sites for hydroxylation is 2. The Morgan fingerprint density at radius 2 is 2.00 bits per heavy atom. The van der Waals surface area contributed by atoms with Gasteiger partial charge in [0.15, 0.2) is 0 Å². The fraction of sp³-hybridized carbons (Fsp3) is 0.429. The predicted octanol–water partition coefficient (Wildman–Crippen LogP) is 1.66. The van der Waals surface area contributed by atoms with Gasteiger partial charge in [-0.1, -0.05) is 12.1 Å². The molecule has 5 heteroatoms. The van der Waals surface area contributed by atoms with E-state index in [2.05, 4.69) is 5.32 Å². The van der Waals surface area contributed by atoms with Crippen LogP contribution in [-0.4, -0.2) is 30.1 Å². The first kappa shape index (κ1) is 15.0. The Balaban J connectivity index is 2.25. The molecule has 0 aliphatic heterocycles. The summed E-state index contributed by atoms with van der Waals surface area (Å²) < 4.78 is 5.56. The van der Waals surface area contributed by atoms with E-state index in [-0.39, 0.29) is 18.7 Å². The standard InChI is InChI=1S/C14H19NO4/c1-10-3-4-11(2)12(9-10)19-8-7-15-13(16)5-6-14(17)18/h3-4,9H,5-8H2,1-2H3,(H,15,16)(H,17,18). The Hall–Kier alpha value is -2.04. The molecule has 0 aliphatic carbocycles. The van der Waals surface area contributed by atoms with Crippen molar-refractivity contribution in [1.29, 1.82) is 0 Å². The van der Waals surface area contributed by atoms with Crippen LogP contribution in [0.2, 0.25) is 0 Å². The number of benzene rings is 1. The highest BCUT2D eigenvalue weighted by Crippen LogP contribution is 2.18. The first-order valence-corrected chi connectivity index (χ1v) is 6.17. The lowest BCUT2D eigenvalue weighted by Gasteiger charge is -2.10. The third-order valence-corrected chi connectivity index (χ3v) is 2.59. The van der Waals surface area contributed by atoms with E-state index in [0.717, 1.165) is 16.9 Å². The monoisotopic (exact) mass is 265 g/mol. The van der Waals surface area contributed by atoms with Gasteiger partial charge in [0, 0.05) is 6.42 Å². The average molecular weight is 265 g/mol. The number of carboxylic acids is 1. The van der Waals surface area contributed by atoms with Crippen LogP contribution in [0, 0.1) is 13.8 Å². The number of nitrogens with one attached hydrogen (secondary N) is 1. The van der Waals surface area contributed by atoms with E-state index >= 15 is 0 Å². The molecule has 0 saturated carbocycles. The fourth-order valence-corrected chi connectivity index (χ4v) is 1.52. The number of carbonyl (C=O) groups excluding carboxylic acids is 1. The van der Waals surface area contributed by atoms with E-state index in [4.69, 9.17) is 9.84 Å². The lowest BCUT2D eigenvalue weighted by atomic mass is 10.1. The lowest BCUT2D eigenvalue weighted by Crippen LogP contribution is -2.28. The van der Waals surface area contributed by atoms with Gasteiger partial charge in [-0.25, -0.2) is 0 Å². The molecule has 19 heavy (non-hydrogen) atoms. The summed E-state index contributed by atoms with van der Waals surface area (Å²) >= 11 is 0. The molecule has 5 nitrogen and oxygen atoms in total. The van der Waals surface area contributed by atoms with Crippen molar-refractivity contribution in [2.45, 2.75) is 26.7 Å². The molecule has 1 aromatic carbocycles. The molecule has 0 spiro atoms. The van der Waals surface area contributed by atoms with Gasteiger partial charge in [-0.2, -0.15) is 0 Å². The van der Waals surface area contributed by atoms with Crippen LogP contribution in [-0.2, 0) is 9.59 Å². The number of carbonyl (C=O) groups is 2. The Labute approximate surface area is 112 Å². The zero-order chi connectivity index (χ0) is 14.3. The molecule has 0 bridgehead atoms. The van der Waals surface area contributed by atoms with Gasteiger partial charge in [0.05, 0.1) is 13.0 Å². The summed E-state index contributed by atoms with van der Waals surface area (Å²) in [6.07, 6.45) is -0.150. The van der Waals surface area contributed by atoms with Crippen molar-refractivity contribution in [1.82, 2.24) is 5.32 Å². The minimum Gasteiger partial charge on any atom is -0.491 e. The third-order valence-electron chi connectivity index (χ3n) is 2.59. The molecule has 0 radical (unpaired) electrons. The summed E-state index contributed by atoms with van der Waals surface area (Å²) in [4.78, 5) is 21.5. The Morgan fingerprint density at radius 1 is 1.26 bits per heavy atom. The van der Waals surface area contributed by atoms with Crippen molar-refractivity contribution in [3.8, 4) is 5.75 Å². The van der Waals surface area contributed by atoms with Crippen molar-refractivity contribution in [2.75, 3.05) is 13.2 Å². The predicted molar refractivity (Wildman–Crippen MR) is 71.3 cm³/mol. The van der Waals surface area contributed by atoms with Gasteiger partial charge in [0.1, 0.15) is 12.4 Å². The molecule has 0 aromatic heterocycles. The Kier molecular flexibility index (Phi) is 5.85. The van der Waals surface area contributed by atoms with Crippen molar-refractivity contribution in [3.05, 3.63) is 29.3 Å². The smallest absolute Gasteiger partial charge is 0.303 e. The zero-order valence-corrected chi connectivity index (χ0v) is 11.2. The third kappa shape index (κ3) is 5.90. The molecular weight excluding hydrogens is 246 g/mol. The minimum absolute atomic E-state index is 0.00118. The van der Waals surface area contributed by atoms with Crippen molar-refractivity contribution >= 4 is 11.9 Å². The highest BCUT2D eigenvalue weighted by Gasteiger charge is 2.05. The summed E-state index contributed by atoms with van der Waals surface area (Å²) in [7, 11) is 0. The number of hydrogen-bond donors (Lipinski definition) is 2. The molecule has 2 N–H and O–H groups in total. The van der Waals surface area contributed by atoms with Crippen LogP contribution in [0.15, 0.2) is 18.2 Å². The highest BCUT2D eigenvalue weighted by atomic mass is 16.5. The summed E-state index contributed by atoms with van der Waals surface area (Å²) in [5, 5.41) is 11.0. The summed E-state index contributed by atoms with van der Waals surface area (Å²) in [5.74, 6) is -0.437. The summed E-state index contributed by atoms with van der Waals surface area (Å²) in [6, 6.07) is 5.94. The normalized spacial score (nSPS) is 10.0. The second kappa shape index (κ2) is 7.41. The van der Waals surface area contributed by atoms with Gasteiger partial charge in [0.25, 0.3) is 0 Å². The number of amides is 1. The highest BCUT2D eigenvalue weighted by molar-refractivity contribution is 5.80. The molecule has 0 aliphatic rings. The Morgan fingerprint density at radius 3 is 2.68 bits per heavy atom. The maximum Gasteiger partial charge on any atom is 0.303 e. The quantitative estimate of drug-likeness (QED) is 0.735. The van der Waals surface area contributed by atoms with Gasteiger partial charge < -0.3 is 15.2 Å². The van der Waals surface area contributed by atoms with Crippen LogP contribution in [0.1, 0.15) is 24.0 Å². The molecule has 1 aromatic rings. The van der Waals surface area contributed by atoms with Crippen LogP contribution in [0.5, 0.6) is 5.75 Å². The zero-order valence-electron chi connectivity index (χ0n) is 11.2.